The van der Waals surface area contributed by atoms with Crippen molar-refractivity contribution in [3.63, 3.8) is 0 Å². The number of hydrogen-bond acceptors (Lipinski definition) is 3. The smallest absolute Gasteiger partial charge is 0.257 e. The Labute approximate surface area is 121 Å². The van der Waals surface area contributed by atoms with Crippen molar-refractivity contribution in [2.24, 2.45) is 0 Å². The van der Waals surface area contributed by atoms with E-state index in [-0.39, 0.29) is 12.3 Å². The SMILES string of the molecule is CN1C(=O)c2cccnc2CC1(O)c1ccccc1Cl. The van der Waals surface area contributed by atoms with Crippen molar-refractivity contribution in [3.05, 3.63) is 64.4 Å². The molecule has 1 aliphatic rings. The summed E-state index contributed by atoms with van der Waals surface area (Å²) >= 11 is 6.17. The molecule has 0 fully saturated rings. The predicted molar refractivity (Wildman–Crippen MR) is 75.4 cm³/mol. The number of hydrogen-bond donors (Lipinski definition) is 1. The minimum absolute atomic E-state index is 0.217. The largest absolute Gasteiger partial charge is 0.366 e. The van der Waals surface area contributed by atoms with E-state index in [0.717, 1.165) is 0 Å². The molecule has 3 rings (SSSR count). The van der Waals surface area contributed by atoms with Gasteiger partial charge in [-0.1, -0.05) is 29.8 Å². The lowest BCUT2D eigenvalue weighted by Gasteiger charge is -2.41. The molecular formula is C15H13ClN2O2. The molecular weight excluding hydrogens is 276 g/mol. The zero-order chi connectivity index (χ0) is 14.3. The highest BCUT2D eigenvalue weighted by Gasteiger charge is 2.44. The number of benzene rings is 1. The Bertz CT molecular complexity index is 689. The number of carbonyl (C=O) groups is 1. The number of aromatic nitrogens is 1. The molecule has 0 aliphatic carbocycles. The Morgan fingerprint density at radius 2 is 2.05 bits per heavy atom. The summed E-state index contributed by atoms with van der Waals surface area (Å²) in [5, 5.41) is 11.4. The van der Waals surface area contributed by atoms with Crippen LogP contribution in [0.25, 0.3) is 0 Å². The van der Waals surface area contributed by atoms with Crippen LogP contribution in [-0.4, -0.2) is 27.9 Å². The first-order valence-corrected chi connectivity index (χ1v) is 6.61. The third-order valence-corrected chi connectivity index (χ3v) is 4.03. The average molecular weight is 289 g/mol. The zero-order valence-electron chi connectivity index (χ0n) is 10.9. The molecule has 2 aromatic rings. The van der Waals surface area contributed by atoms with Gasteiger partial charge < -0.3 is 10.0 Å². The molecule has 4 nitrogen and oxygen atoms in total. The van der Waals surface area contributed by atoms with Crippen molar-refractivity contribution in [2.45, 2.75) is 12.1 Å². The van der Waals surface area contributed by atoms with Gasteiger partial charge in [-0.05, 0) is 18.2 Å². The molecule has 1 atom stereocenters. The fraction of sp³-hybridized carbons (Fsp3) is 0.200. The summed E-state index contributed by atoms with van der Waals surface area (Å²) < 4.78 is 0. The Balaban J connectivity index is 2.17. The van der Waals surface area contributed by atoms with Crippen LogP contribution in [0.5, 0.6) is 0 Å². The normalized spacial score (nSPS) is 21.8. The van der Waals surface area contributed by atoms with Crippen LogP contribution in [-0.2, 0) is 12.1 Å². The predicted octanol–water partition coefficient (Wildman–Crippen LogP) is 2.21. The number of likely N-dealkylation sites (N-methyl/N-ethyl adjacent to an activating group) is 1. The second-order valence-electron chi connectivity index (χ2n) is 4.84. The Hall–Kier alpha value is -1.91. The average Bonchev–Trinajstić information content (AvgIpc) is 2.45. The molecule has 20 heavy (non-hydrogen) atoms. The topological polar surface area (TPSA) is 53.4 Å². The van der Waals surface area contributed by atoms with E-state index >= 15 is 0 Å². The molecule has 5 heteroatoms. The summed E-state index contributed by atoms with van der Waals surface area (Å²) in [5.74, 6) is -0.262. The van der Waals surface area contributed by atoms with Gasteiger partial charge in [-0.25, -0.2) is 0 Å². The van der Waals surface area contributed by atoms with Crippen molar-refractivity contribution in [2.75, 3.05) is 7.05 Å². The maximum atomic E-state index is 12.4. The highest BCUT2D eigenvalue weighted by molar-refractivity contribution is 6.31. The number of amides is 1. The molecule has 102 valence electrons. The number of fused-ring (bicyclic) bond motifs is 1. The molecule has 1 N–H and O–H groups in total. The Kier molecular flexibility index (Phi) is 3.00. The van der Waals surface area contributed by atoms with Gasteiger partial charge in [0.15, 0.2) is 5.72 Å². The third-order valence-electron chi connectivity index (χ3n) is 3.70. The van der Waals surface area contributed by atoms with Crippen molar-refractivity contribution in [1.82, 2.24) is 9.88 Å². The van der Waals surface area contributed by atoms with Gasteiger partial charge in [0.25, 0.3) is 5.91 Å². The molecule has 0 radical (unpaired) electrons. The van der Waals surface area contributed by atoms with Crippen LogP contribution in [0, 0.1) is 0 Å². The van der Waals surface area contributed by atoms with Crippen molar-refractivity contribution in [1.29, 1.82) is 0 Å². The number of nitrogens with zero attached hydrogens (tertiary/aromatic N) is 2. The summed E-state index contributed by atoms with van der Waals surface area (Å²) in [4.78, 5) is 17.9. The van der Waals surface area contributed by atoms with Crippen LogP contribution in [0.1, 0.15) is 21.6 Å². The van der Waals surface area contributed by atoms with Gasteiger partial charge in [-0.3, -0.25) is 9.78 Å². The van der Waals surface area contributed by atoms with Gasteiger partial charge in [-0.15, -0.1) is 0 Å². The number of pyridine rings is 1. The van der Waals surface area contributed by atoms with E-state index in [4.69, 9.17) is 11.6 Å². The highest BCUT2D eigenvalue weighted by Crippen LogP contribution is 2.37. The second-order valence-corrected chi connectivity index (χ2v) is 5.24. The summed E-state index contributed by atoms with van der Waals surface area (Å²) in [7, 11) is 1.57. The minimum Gasteiger partial charge on any atom is -0.366 e. The van der Waals surface area contributed by atoms with Gasteiger partial charge in [-0.2, -0.15) is 0 Å². The highest BCUT2D eigenvalue weighted by atomic mass is 35.5. The van der Waals surface area contributed by atoms with E-state index in [1.165, 1.54) is 4.90 Å². The second kappa shape index (κ2) is 4.58. The Morgan fingerprint density at radius 3 is 2.80 bits per heavy atom. The maximum Gasteiger partial charge on any atom is 0.257 e. The van der Waals surface area contributed by atoms with Crippen LogP contribution >= 0.6 is 11.6 Å². The lowest BCUT2D eigenvalue weighted by Crippen LogP contribution is -2.52. The standard InChI is InChI=1S/C15H13ClN2O2/c1-18-14(19)10-5-4-8-17-13(10)9-15(18,20)11-6-2-3-7-12(11)16/h2-8,20H,9H2,1H3. The van der Waals surface area contributed by atoms with Gasteiger partial charge in [0.1, 0.15) is 0 Å². The Morgan fingerprint density at radius 1 is 1.30 bits per heavy atom. The monoisotopic (exact) mass is 288 g/mol. The van der Waals surface area contributed by atoms with Crippen LogP contribution < -0.4 is 0 Å². The summed E-state index contributed by atoms with van der Waals surface area (Å²) in [6.45, 7) is 0. The molecule has 1 aliphatic heterocycles. The van der Waals surface area contributed by atoms with Gasteiger partial charge in [0.2, 0.25) is 0 Å². The number of carbonyl (C=O) groups excluding carboxylic acids is 1. The molecule has 1 aromatic carbocycles. The first-order chi connectivity index (χ1) is 9.54. The molecule has 1 unspecified atom stereocenters. The van der Waals surface area contributed by atoms with E-state index in [2.05, 4.69) is 4.98 Å². The number of rotatable bonds is 1. The minimum atomic E-state index is -1.48. The molecule has 0 saturated carbocycles. The first kappa shape index (κ1) is 13.1. The quantitative estimate of drug-likeness (QED) is 0.875. The number of aliphatic hydroxyl groups is 1. The van der Waals surface area contributed by atoms with Crippen molar-refractivity contribution < 1.29 is 9.90 Å². The fourth-order valence-electron chi connectivity index (χ4n) is 2.54. The van der Waals surface area contributed by atoms with Gasteiger partial charge in [0.05, 0.1) is 11.3 Å². The lowest BCUT2D eigenvalue weighted by atomic mass is 9.89. The van der Waals surface area contributed by atoms with Gasteiger partial charge in [0, 0.05) is 30.3 Å². The molecule has 0 spiro atoms. The van der Waals surface area contributed by atoms with Crippen molar-refractivity contribution in [3.8, 4) is 0 Å². The molecule has 1 aromatic heterocycles. The molecule has 1 amide bonds. The van der Waals surface area contributed by atoms with Gasteiger partial charge >= 0.3 is 0 Å². The van der Waals surface area contributed by atoms with Crippen LogP contribution in [0.4, 0.5) is 0 Å². The van der Waals surface area contributed by atoms with E-state index < -0.39 is 5.72 Å². The first-order valence-electron chi connectivity index (χ1n) is 6.23. The van der Waals surface area contributed by atoms with E-state index in [1.54, 1.807) is 49.6 Å². The van der Waals surface area contributed by atoms with Crippen molar-refractivity contribution >= 4 is 17.5 Å². The molecule has 0 saturated heterocycles. The maximum absolute atomic E-state index is 12.4. The third kappa shape index (κ3) is 1.80. The zero-order valence-corrected chi connectivity index (χ0v) is 11.6. The van der Waals surface area contributed by atoms with E-state index in [9.17, 15) is 9.90 Å². The van der Waals surface area contributed by atoms with Crippen LogP contribution in [0.2, 0.25) is 5.02 Å². The fourth-order valence-corrected chi connectivity index (χ4v) is 2.82. The number of halogens is 1. The lowest BCUT2D eigenvalue weighted by molar-refractivity contribution is -0.0873. The molecule has 0 bridgehead atoms. The van der Waals surface area contributed by atoms with Crippen LogP contribution in [0.3, 0.4) is 0 Å². The molecule has 2 heterocycles. The van der Waals surface area contributed by atoms with Crippen LogP contribution in [0.15, 0.2) is 42.6 Å². The summed E-state index contributed by atoms with van der Waals surface area (Å²) in [6, 6.07) is 10.4. The summed E-state index contributed by atoms with van der Waals surface area (Å²) in [6.07, 6.45) is 1.83. The van der Waals surface area contributed by atoms with E-state index in [1.807, 2.05) is 0 Å². The van der Waals surface area contributed by atoms with E-state index in [0.29, 0.717) is 21.8 Å². The summed E-state index contributed by atoms with van der Waals surface area (Å²) in [5.41, 5.74) is 0.134.